The quantitative estimate of drug-likeness (QED) is 0.772. The summed E-state index contributed by atoms with van der Waals surface area (Å²) in [7, 11) is 1.46. The molecule has 0 saturated heterocycles. The van der Waals surface area contributed by atoms with Crippen molar-refractivity contribution in [2.45, 2.75) is 6.92 Å². The van der Waals surface area contributed by atoms with Crippen molar-refractivity contribution in [1.29, 1.82) is 0 Å². The second kappa shape index (κ2) is 5.29. The van der Waals surface area contributed by atoms with E-state index in [0.29, 0.717) is 6.61 Å². The second-order valence-corrected chi connectivity index (χ2v) is 3.53. The standard InChI is InChI=1S/C10H12N6O3/c1-3-19-10-12-9(13-14-10)11-8(18)6-4-5-7(17)16(2)15-6/h4-5H,3H2,1-2H3,(H2,11,12,13,14,18). The predicted molar refractivity (Wildman–Crippen MR) is 65.0 cm³/mol. The Hall–Kier alpha value is -2.71. The van der Waals surface area contributed by atoms with E-state index in [1.165, 1.54) is 19.2 Å². The van der Waals surface area contributed by atoms with Crippen LogP contribution in [0.1, 0.15) is 17.4 Å². The van der Waals surface area contributed by atoms with Gasteiger partial charge in [0, 0.05) is 13.1 Å². The van der Waals surface area contributed by atoms with Crippen molar-refractivity contribution in [1.82, 2.24) is 25.0 Å². The Bertz CT molecular complexity index is 647. The van der Waals surface area contributed by atoms with Crippen LogP contribution in [0.4, 0.5) is 5.95 Å². The van der Waals surface area contributed by atoms with Crippen molar-refractivity contribution < 1.29 is 9.53 Å². The molecule has 0 aliphatic carbocycles. The lowest BCUT2D eigenvalue weighted by molar-refractivity contribution is 0.101. The number of carbonyl (C=O) groups excluding carboxylic acids is 1. The third-order valence-corrected chi connectivity index (χ3v) is 2.16. The molecule has 2 N–H and O–H groups in total. The minimum Gasteiger partial charge on any atom is -0.463 e. The number of hydrogen-bond donors (Lipinski definition) is 2. The van der Waals surface area contributed by atoms with Gasteiger partial charge in [-0.25, -0.2) is 9.78 Å². The lowest BCUT2D eigenvalue weighted by Crippen LogP contribution is -2.23. The highest BCUT2D eigenvalue weighted by Gasteiger charge is 2.12. The molecule has 0 atom stereocenters. The van der Waals surface area contributed by atoms with Crippen LogP contribution in [0.5, 0.6) is 6.01 Å². The van der Waals surface area contributed by atoms with Crippen LogP contribution in [-0.2, 0) is 7.05 Å². The molecule has 1 amide bonds. The zero-order chi connectivity index (χ0) is 13.8. The fourth-order valence-electron chi connectivity index (χ4n) is 1.29. The molecule has 100 valence electrons. The molecule has 2 aromatic heterocycles. The van der Waals surface area contributed by atoms with Crippen LogP contribution in [0.15, 0.2) is 16.9 Å². The average molecular weight is 264 g/mol. The van der Waals surface area contributed by atoms with Crippen molar-refractivity contribution in [2.75, 3.05) is 11.9 Å². The number of ether oxygens (including phenoxy) is 1. The van der Waals surface area contributed by atoms with E-state index in [4.69, 9.17) is 4.74 Å². The number of rotatable bonds is 4. The van der Waals surface area contributed by atoms with E-state index >= 15 is 0 Å². The third-order valence-electron chi connectivity index (χ3n) is 2.16. The number of anilines is 1. The summed E-state index contributed by atoms with van der Waals surface area (Å²) in [6.07, 6.45) is 0. The smallest absolute Gasteiger partial charge is 0.337 e. The first kappa shape index (κ1) is 12.7. The van der Waals surface area contributed by atoms with Gasteiger partial charge in [-0.1, -0.05) is 0 Å². The average Bonchev–Trinajstić information content (AvgIpc) is 2.80. The first-order valence-corrected chi connectivity index (χ1v) is 5.51. The highest BCUT2D eigenvalue weighted by molar-refractivity contribution is 6.01. The van der Waals surface area contributed by atoms with Crippen LogP contribution in [0.25, 0.3) is 0 Å². The van der Waals surface area contributed by atoms with Gasteiger partial charge in [0.05, 0.1) is 6.61 Å². The maximum absolute atomic E-state index is 11.8. The molecule has 9 nitrogen and oxygen atoms in total. The van der Waals surface area contributed by atoms with Gasteiger partial charge >= 0.3 is 6.01 Å². The van der Waals surface area contributed by atoms with Gasteiger partial charge in [0.1, 0.15) is 5.69 Å². The lowest BCUT2D eigenvalue weighted by Gasteiger charge is -2.01. The minimum absolute atomic E-state index is 0.0939. The molecule has 19 heavy (non-hydrogen) atoms. The van der Waals surface area contributed by atoms with Crippen molar-refractivity contribution in [2.24, 2.45) is 7.05 Å². The fraction of sp³-hybridized carbons (Fsp3) is 0.300. The van der Waals surface area contributed by atoms with E-state index in [-0.39, 0.29) is 23.2 Å². The number of aryl methyl sites for hydroxylation is 1. The Balaban J connectivity index is 2.11. The zero-order valence-corrected chi connectivity index (χ0v) is 10.4. The molecule has 0 unspecified atom stereocenters. The largest absolute Gasteiger partial charge is 0.463 e. The number of nitrogens with one attached hydrogen (secondary N) is 2. The Kier molecular flexibility index (Phi) is 3.55. The molecule has 0 bridgehead atoms. The first-order chi connectivity index (χ1) is 9.10. The molecule has 2 heterocycles. The van der Waals surface area contributed by atoms with Gasteiger partial charge in [0.2, 0.25) is 5.95 Å². The molecule has 0 aliphatic rings. The van der Waals surface area contributed by atoms with E-state index in [1.54, 1.807) is 6.92 Å². The third kappa shape index (κ3) is 2.94. The van der Waals surface area contributed by atoms with Gasteiger partial charge in [-0.2, -0.15) is 10.1 Å². The minimum atomic E-state index is -0.505. The molecular weight excluding hydrogens is 252 g/mol. The topological polar surface area (TPSA) is 115 Å². The molecule has 0 fully saturated rings. The monoisotopic (exact) mass is 264 g/mol. The van der Waals surface area contributed by atoms with Crippen molar-refractivity contribution in [3.05, 3.63) is 28.2 Å². The molecule has 0 radical (unpaired) electrons. The Morgan fingerprint density at radius 3 is 3.00 bits per heavy atom. The van der Waals surface area contributed by atoms with Crippen LogP contribution in [-0.4, -0.2) is 37.5 Å². The Morgan fingerprint density at radius 2 is 2.32 bits per heavy atom. The summed E-state index contributed by atoms with van der Waals surface area (Å²) in [6.45, 7) is 2.22. The van der Waals surface area contributed by atoms with Crippen LogP contribution < -0.4 is 15.6 Å². The number of hydrogen-bond acceptors (Lipinski definition) is 6. The van der Waals surface area contributed by atoms with Crippen LogP contribution in [0, 0.1) is 0 Å². The maximum Gasteiger partial charge on any atom is 0.337 e. The van der Waals surface area contributed by atoms with Gasteiger partial charge in [-0.15, -0.1) is 5.10 Å². The number of aromatic nitrogens is 5. The van der Waals surface area contributed by atoms with E-state index in [9.17, 15) is 9.59 Å². The highest BCUT2D eigenvalue weighted by Crippen LogP contribution is 2.06. The van der Waals surface area contributed by atoms with Crippen LogP contribution in [0.2, 0.25) is 0 Å². The second-order valence-electron chi connectivity index (χ2n) is 3.53. The predicted octanol–water partition coefficient (Wildman–Crippen LogP) is -0.451. The van der Waals surface area contributed by atoms with Crippen molar-refractivity contribution >= 4 is 11.9 Å². The summed E-state index contributed by atoms with van der Waals surface area (Å²) >= 11 is 0. The van der Waals surface area contributed by atoms with E-state index in [2.05, 4.69) is 25.6 Å². The van der Waals surface area contributed by atoms with E-state index in [0.717, 1.165) is 4.68 Å². The van der Waals surface area contributed by atoms with Crippen LogP contribution in [0.3, 0.4) is 0 Å². The highest BCUT2D eigenvalue weighted by atomic mass is 16.5. The summed E-state index contributed by atoms with van der Waals surface area (Å²) < 4.78 is 6.11. The summed E-state index contributed by atoms with van der Waals surface area (Å²) in [4.78, 5) is 26.9. The summed E-state index contributed by atoms with van der Waals surface area (Å²) in [6, 6.07) is 2.73. The first-order valence-electron chi connectivity index (χ1n) is 5.51. The van der Waals surface area contributed by atoms with Gasteiger partial charge < -0.3 is 4.74 Å². The molecular formula is C10H12N6O3. The summed E-state index contributed by atoms with van der Waals surface area (Å²) in [5.74, 6) is -0.362. The van der Waals surface area contributed by atoms with Gasteiger partial charge in [-0.3, -0.25) is 14.9 Å². The number of aromatic amines is 1. The van der Waals surface area contributed by atoms with E-state index in [1.807, 2.05) is 0 Å². The SMILES string of the molecule is CCOc1n[nH]c(NC(=O)c2ccc(=O)n(C)n2)n1. The number of carbonyl (C=O) groups is 1. The Labute approximate surface area is 107 Å². The van der Waals surface area contributed by atoms with Crippen molar-refractivity contribution in [3.8, 4) is 6.01 Å². The van der Waals surface area contributed by atoms with Gasteiger partial charge in [0.15, 0.2) is 0 Å². The van der Waals surface area contributed by atoms with E-state index < -0.39 is 5.91 Å². The molecule has 0 spiro atoms. The number of H-pyrrole nitrogens is 1. The molecule has 9 heteroatoms. The van der Waals surface area contributed by atoms with Gasteiger partial charge in [0.25, 0.3) is 11.5 Å². The molecule has 2 aromatic rings. The molecule has 0 aliphatic heterocycles. The summed E-state index contributed by atoms with van der Waals surface area (Å²) in [5.41, 5.74) is -0.202. The summed E-state index contributed by atoms with van der Waals surface area (Å²) in [5, 5.41) is 12.5. The molecule has 0 saturated carbocycles. The van der Waals surface area contributed by atoms with Crippen LogP contribution >= 0.6 is 0 Å². The maximum atomic E-state index is 11.8. The number of amides is 1. The normalized spacial score (nSPS) is 10.2. The lowest BCUT2D eigenvalue weighted by atomic mass is 10.4. The zero-order valence-electron chi connectivity index (χ0n) is 10.4. The number of nitrogens with zero attached hydrogens (tertiary/aromatic N) is 4. The fourth-order valence-corrected chi connectivity index (χ4v) is 1.29. The molecule has 0 aromatic carbocycles. The molecule has 2 rings (SSSR count). The van der Waals surface area contributed by atoms with Gasteiger partial charge in [-0.05, 0) is 13.0 Å². The Morgan fingerprint density at radius 1 is 1.53 bits per heavy atom. The van der Waals surface area contributed by atoms with Crippen molar-refractivity contribution in [3.63, 3.8) is 0 Å².